The van der Waals surface area contributed by atoms with E-state index in [0.717, 1.165) is 19.3 Å². The van der Waals surface area contributed by atoms with Crippen molar-refractivity contribution in [1.82, 2.24) is 0 Å². The van der Waals surface area contributed by atoms with Gasteiger partial charge >= 0.3 is 5.97 Å². The van der Waals surface area contributed by atoms with Gasteiger partial charge in [0, 0.05) is 6.42 Å². The van der Waals surface area contributed by atoms with E-state index in [0.29, 0.717) is 19.6 Å². The standard InChI is InChI=1S/C9H15NO3/c1-2-5-9(12)13-7-4-3-6-10-8-11/h2-7H2,1H3. The molecule has 0 aromatic carbocycles. The van der Waals surface area contributed by atoms with Crippen molar-refractivity contribution in [2.24, 2.45) is 4.99 Å². The molecule has 0 aliphatic rings. The second kappa shape index (κ2) is 8.94. The minimum Gasteiger partial charge on any atom is -0.466 e. The Labute approximate surface area is 78.0 Å². The Bertz CT molecular complexity index is 185. The van der Waals surface area contributed by atoms with Crippen LogP contribution < -0.4 is 0 Å². The van der Waals surface area contributed by atoms with Crippen LogP contribution in [0.1, 0.15) is 32.6 Å². The first-order chi connectivity index (χ1) is 6.31. The molecule has 0 rings (SSSR count). The summed E-state index contributed by atoms with van der Waals surface area (Å²) >= 11 is 0. The van der Waals surface area contributed by atoms with Crippen LogP contribution in [0.5, 0.6) is 0 Å². The molecular formula is C9H15NO3. The van der Waals surface area contributed by atoms with Crippen molar-refractivity contribution in [1.29, 1.82) is 0 Å². The second-order valence-corrected chi connectivity index (χ2v) is 2.65. The highest BCUT2D eigenvalue weighted by Gasteiger charge is 1.98. The van der Waals surface area contributed by atoms with Crippen molar-refractivity contribution in [2.75, 3.05) is 13.2 Å². The molecule has 0 N–H and O–H groups in total. The number of rotatable bonds is 7. The molecule has 4 nitrogen and oxygen atoms in total. The van der Waals surface area contributed by atoms with Crippen LogP contribution in [-0.2, 0) is 14.3 Å². The monoisotopic (exact) mass is 185 g/mol. The van der Waals surface area contributed by atoms with Crippen LogP contribution in [-0.4, -0.2) is 25.2 Å². The third-order valence-electron chi connectivity index (χ3n) is 1.45. The van der Waals surface area contributed by atoms with Gasteiger partial charge in [-0.3, -0.25) is 4.79 Å². The van der Waals surface area contributed by atoms with Gasteiger partial charge in [-0.25, -0.2) is 9.79 Å². The average molecular weight is 185 g/mol. The fourth-order valence-corrected chi connectivity index (χ4v) is 0.801. The van der Waals surface area contributed by atoms with Crippen LogP contribution in [0.4, 0.5) is 0 Å². The van der Waals surface area contributed by atoms with Gasteiger partial charge in [-0.1, -0.05) is 6.92 Å². The lowest BCUT2D eigenvalue weighted by molar-refractivity contribution is -0.143. The number of isocyanates is 1. The van der Waals surface area contributed by atoms with Gasteiger partial charge in [0.15, 0.2) is 0 Å². The number of nitrogens with zero attached hydrogens (tertiary/aromatic N) is 1. The van der Waals surface area contributed by atoms with Crippen LogP contribution in [0, 0.1) is 0 Å². The van der Waals surface area contributed by atoms with E-state index in [1.807, 2.05) is 6.92 Å². The summed E-state index contributed by atoms with van der Waals surface area (Å²) in [5, 5.41) is 0. The summed E-state index contributed by atoms with van der Waals surface area (Å²) in [5.74, 6) is -0.151. The predicted molar refractivity (Wildman–Crippen MR) is 48.1 cm³/mol. The van der Waals surface area contributed by atoms with Crippen LogP contribution in [0.15, 0.2) is 4.99 Å². The number of ether oxygens (including phenoxy) is 1. The maximum atomic E-state index is 10.8. The Balaban J connectivity index is 3.15. The molecule has 0 saturated heterocycles. The van der Waals surface area contributed by atoms with E-state index < -0.39 is 0 Å². The van der Waals surface area contributed by atoms with Crippen LogP contribution >= 0.6 is 0 Å². The fraction of sp³-hybridized carbons (Fsp3) is 0.778. The van der Waals surface area contributed by atoms with Gasteiger partial charge in [-0.15, -0.1) is 0 Å². The van der Waals surface area contributed by atoms with E-state index in [2.05, 4.69) is 4.99 Å². The molecule has 74 valence electrons. The van der Waals surface area contributed by atoms with Gasteiger partial charge in [0.1, 0.15) is 0 Å². The lowest BCUT2D eigenvalue weighted by Gasteiger charge is -2.01. The largest absolute Gasteiger partial charge is 0.466 e. The number of esters is 1. The number of hydrogen-bond acceptors (Lipinski definition) is 4. The number of unbranched alkanes of at least 4 members (excludes halogenated alkanes) is 1. The highest BCUT2D eigenvalue weighted by atomic mass is 16.5. The third-order valence-corrected chi connectivity index (χ3v) is 1.45. The van der Waals surface area contributed by atoms with Crippen molar-refractivity contribution in [2.45, 2.75) is 32.6 Å². The SMILES string of the molecule is CCCC(=O)OCCCCN=C=O. The Kier molecular flexibility index (Phi) is 8.15. The highest BCUT2D eigenvalue weighted by Crippen LogP contribution is 1.95. The minimum absolute atomic E-state index is 0.151. The van der Waals surface area contributed by atoms with Gasteiger partial charge in [0.2, 0.25) is 6.08 Å². The molecule has 0 saturated carbocycles. The molecular weight excluding hydrogens is 170 g/mol. The summed E-state index contributed by atoms with van der Waals surface area (Å²) in [4.78, 5) is 23.9. The summed E-state index contributed by atoms with van der Waals surface area (Å²) < 4.78 is 4.88. The summed E-state index contributed by atoms with van der Waals surface area (Å²) in [6.07, 6.45) is 4.26. The number of hydrogen-bond donors (Lipinski definition) is 0. The Morgan fingerprint density at radius 1 is 1.46 bits per heavy atom. The fourth-order valence-electron chi connectivity index (χ4n) is 0.801. The van der Waals surface area contributed by atoms with Crippen molar-refractivity contribution < 1.29 is 14.3 Å². The minimum atomic E-state index is -0.151. The molecule has 0 aromatic heterocycles. The van der Waals surface area contributed by atoms with Crippen molar-refractivity contribution >= 4 is 12.0 Å². The molecule has 0 atom stereocenters. The zero-order valence-corrected chi connectivity index (χ0v) is 7.91. The molecule has 0 radical (unpaired) electrons. The molecule has 0 bridgehead atoms. The molecule has 4 heteroatoms. The third kappa shape index (κ3) is 8.76. The second-order valence-electron chi connectivity index (χ2n) is 2.65. The zero-order valence-electron chi connectivity index (χ0n) is 7.91. The van der Waals surface area contributed by atoms with E-state index >= 15 is 0 Å². The normalized spacial score (nSPS) is 9.00. The van der Waals surface area contributed by atoms with E-state index in [9.17, 15) is 9.59 Å². The molecule has 0 spiro atoms. The van der Waals surface area contributed by atoms with Crippen LogP contribution in [0.3, 0.4) is 0 Å². The summed E-state index contributed by atoms with van der Waals surface area (Å²) in [6, 6.07) is 0. The van der Waals surface area contributed by atoms with Gasteiger partial charge in [-0.2, -0.15) is 0 Å². The molecule has 0 aromatic rings. The molecule has 0 heterocycles. The molecule has 0 fully saturated rings. The maximum absolute atomic E-state index is 10.8. The summed E-state index contributed by atoms with van der Waals surface area (Å²) in [7, 11) is 0. The van der Waals surface area contributed by atoms with E-state index in [-0.39, 0.29) is 5.97 Å². The number of aliphatic imine (C=N–C) groups is 1. The summed E-state index contributed by atoms with van der Waals surface area (Å²) in [6.45, 7) is 2.82. The molecule has 0 aliphatic heterocycles. The van der Waals surface area contributed by atoms with Crippen LogP contribution in [0.25, 0.3) is 0 Å². The predicted octanol–water partition coefficient (Wildman–Crippen LogP) is 1.45. The first-order valence-electron chi connectivity index (χ1n) is 4.50. The Morgan fingerprint density at radius 3 is 2.85 bits per heavy atom. The molecule has 0 unspecified atom stereocenters. The Morgan fingerprint density at radius 2 is 2.23 bits per heavy atom. The smallest absolute Gasteiger partial charge is 0.305 e. The van der Waals surface area contributed by atoms with Gasteiger partial charge in [-0.05, 0) is 19.3 Å². The first kappa shape index (κ1) is 11.8. The van der Waals surface area contributed by atoms with E-state index in [1.165, 1.54) is 6.08 Å². The zero-order chi connectivity index (χ0) is 9.94. The quantitative estimate of drug-likeness (QED) is 0.261. The van der Waals surface area contributed by atoms with Crippen molar-refractivity contribution in [3.63, 3.8) is 0 Å². The maximum Gasteiger partial charge on any atom is 0.305 e. The number of carbonyl (C=O) groups excluding carboxylic acids is 2. The summed E-state index contributed by atoms with van der Waals surface area (Å²) in [5.41, 5.74) is 0. The van der Waals surface area contributed by atoms with Crippen LogP contribution in [0.2, 0.25) is 0 Å². The average Bonchev–Trinajstić information content (AvgIpc) is 2.11. The molecule has 0 amide bonds. The molecule has 13 heavy (non-hydrogen) atoms. The lowest BCUT2D eigenvalue weighted by atomic mass is 10.3. The van der Waals surface area contributed by atoms with Crippen molar-refractivity contribution in [3.05, 3.63) is 0 Å². The van der Waals surface area contributed by atoms with Gasteiger partial charge < -0.3 is 4.74 Å². The first-order valence-corrected chi connectivity index (χ1v) is 4.50. The van der Waals surface area contributed by atoms with E-state index in [1.54, 1.807) is 0 Å². The Hall–Kier alpha value is -1.15. The van der Waals surface area contributed by atoms with E-state index in [4.69, 9.17) is 4.74 Å². The highest BCUT2D eigenvalue weighted by molar-refractivity contribution is 5.69. The van der Waals surface area contributed by atoms with Crippen molar-refractivity contribution in [3.8, 4) is 0 Å². The van der Waals surface area contributed by atoms with Gasteiger partial charge in [0.25, 0.3) is 0 Å². The molecule has 0 aliphatic carbocycles. The van der Waals surface area contributed by atoms with Gasteiger partial charge in [0.05, 0.1) is 13.2 Å². The number of carbonyl (C=O) groups is 1. The topological polar surface area (TPSA) is 55.7 Å². The lowest BCUT2D eigenvalue weighted by Crippen LogP contribution is -2.05.